The standard InChI is InChI=1S/C21H27N3O4/c1-14(25)11-22-12-15-4-7-17(8-5-15)28-13-20(26)16-6-9-18-19(10-16)24(3)21(27)23(18)2/h4-10,14,20,22,25-26H,11-13H2,1-3H3/t14-,20-/m0/s1. The average Bonchev–Trinajstić information content (AvgIpc) is 2.90. The first-order valence-electron chi connectivity index (χ1n) is 9.30. The minimum atomic E-state index is -0.799. The number of ether oxygens (including phenoxy) is 1. The van der Waals surface area contributed by atoms with E-state index in [0.29, 0.717) is 24.4 Å². The van der Waals surface area contributed by atoms with Crippen molar-refractivity contribution >= 4 is 11.0 Å². The summed E-state index contributed by atoms with van der Waals surface area (Å²) in [7, 11) is 3.45. The Labute approximate surface area is 163 Å². The van der Waals surface area contributed by atoms with Gasteiger partial charge in [0, 0.05) is 27.2 Å². The molecule has 0 amide bonds. The number of imidazole rings is 1. The average molecular weight is 385 g/mol. The lowest BCUT2D eigenvalue weighted by Crippen LogP contribution is -2.23. The zero-order valence-electron chi connectivity index (χ0n) is 16.4. The van der Waals surface area contributed by atoms with Crippen LogP contribution >= 0.6 is 0 Å². The minimum absolute atomic E-state index is 0.0964. The first-order chi connectivity index (χ1) is 13.4. The molecule has 0 spiro atoms. The van der Waals surface area contributed by atoms with Crippen LogP contribution in [0.4, 0.5) is 0 Å². The van der Waals surface area contributed by atoms with Crippen molar-refractivity contribution in [1.29, 1.82) is 0 Å². The summed E-state index contributed by atoms with van der Waals surface area (Å²) < 4.78 is 8.86. The van der Waals surface area contributed by atoms with Crippen LogP contribution in [-0.4, -0.2) is 38.6 Å². The van der Waals surface area contributed by atoms with Crippen molar-refractivity contribution in [2.75, 3.05) is 13.2 Å². The van der Waals surface area contributed by atoms with E-state index >= 15 is 0 Å². The highest BCUT2D eigenvalue weighted by molar-refractivity contribution is 5.76. The number of benzene rings is 2. The molecule has 3 N–H and O–H groups in total. The van der Waals surface area contributed by atoms with Crippen LogP contribution in [0.2, 0.25) is 0 Å². The van der Waals surface area contributed by atoms with E-state index < -0.39 is 6.10 Å². The Morgan fingerprint density at radius 3 is 2.39 bits per heavy atom. The molecular weight excluding hydrogens is 358 g/mol. The zero-order valence-corrected chi connectivity index (χ0v) is 16.4. The predicted molar refractivity (Wildman–Crippen MR) is 108 cm³/mol. The van der Waals surface area contributed by atoms with Gasteiger partial charge in [0.25, 0.3) is 0 Å². The summed E-state index contributed by atoms with van der Waals surface area (Å²) in [6.45, 7) is 3.07. The second-order valence-electron chi connectivity index (χ2n) is 7.10. The smallest absolute Gasteiger partial charge is 0.328 e. The quantitative estimate of drug-likeness (QED) is 0.546. The molecule has 3 aromatic rings. The van der Waals surface area contributed by atoms with Gasteiger partial charge in [-0.15, -0.1) is 0 Å². The van der Waals surface area contributed by atoms with Gasteiger partial charge >= 0.3 is 5.69 Å². The van der Waals surface area contributed by atoms with Crippen LogP contribution in [0.15, 0.2) is 47.3 Å². The molecule has 0 aliphatic heterocycles. The Bertz CT molecular complexity index is 989. The molecule has 0 aliphatic carbocycles. The number of hydrogen-bond donors (Lipinski definition) is 3. The van der Waals surface area contributed by atoms with Crippen LogP contribution in [0.3, 0.4) is 0 Å². The summed E-state index contributed by atoms with van der Waals surface area (Å²) in [6.07, 6.45) is -1.17. The highest BCUT2D eigenvalue weighted by atomic mass is 16.5. The third-order valence-electron chi connectivity index (χ3n) is 4.78. The first kappa shape index (κ1) is 20.1. The molecule has 0 saturated heterocycles. The molecule has 0 fully saturated rings. The molecule has 1 aromatic heterocycles. The van der Waals surface area contributed by atoms with Gasteiger partial charge in [-0.05, 0) is 42.3 Å². The van der Waals surface area contributed by atoms with Crippen molar-refractivity contribution in [3.63, 3.8) is 0 Å². The van der Waals surface area contributed by atoms with Crippen molar-refractivity contribution in [3.05, 3.63) is 64.1 Å². The lowest BCUT2D eigenvalue weighted by molar-refractivity contribution is 0.108. The Kier molecular flexibility index (Phi) is 6.18. The molecule has 0 bridgehead atoms. The number of aliphatic hydroxyl groups is 2. The maximum Gasteiger partial charge on any atom is 0.328 e. The molecule has 0 unspecified atom stereocenters. The maximum absolute atomic E-state index is 12.0. The molecular formula is C21H27N3O4. The highest BCUT2D eigenvalue weighted by Gasteiger charge is 2.13. The molecule has 7 heteroatoms. The highest BCUT2D eigenvalue weighted by Crippen LogP contribution is 2.21. The fourth-order valence-corrected chi connectivity index (χ4v) is 3.13. The van der Waals surface area contributed by atoms with Gasteiger partial charge in [-0.3, -0.25) is 9.13 Å². The molecule has 150 valence electrons. The molecule has 28 heavy (non-hydrogen) atoms. The van der Waals surface area contributed by atoms with Crippen LogP contribution in [0, 0.1) is 0 Å². The molecule has 1 heterocycles. The van der Waals surface area contributed by atoms with E-state index in [2.05, 4.69) is 5.32 Å². The van der Waals surface area contributed by atoms with Gasteiger partial charge in [-0.1, -0.05) is 18.2 Å². The number of aromatic nitrogens is 2. The van der Waals surface area contributed by atoms with Crippen LogP contribution in [0.25, 0.3) is 11.0 Å². The largest absolute Gasteiger partial charge is 0.491 e. The van der Waals surface area contributed by atoms with E-state index in [1.807, 2.05) is 42.5 Å². The van der Waals surface area contributed by atoms with Gasteiger partial charge in [0.05, 0.1) is 17.1 Å². The Balaban J connectivity index is 1.61. The van der Waals surface area contributed by atoms with Crippen molar-refractivity contribution in [1.82, 2.24) is 14.5 Å². The molecule has 0 saturated carbocycles. The molecule has 3 rings (SSSR count). The lowest BCUT2D eigenvalue weighted by Gasteiger charge is -2.14. The number of rotatable bonds is 8. The Hall–Kier alpha value is -2.61. The third kappa shape index (κ3) is 4.44. The maximum atomic E-state index is 12.0. The number of nitrogens with zero attached hydrogens (tertiary/aromatic N) is 2. The number of aliphatic hydroxyl groups excluding tert-OH is 2. The lowest BCUT2D eigenvalue weighted by atomic mass is 10.1. The van der Waals surface area contributed by atoms with Gasteiger partial charge in [0.1, 0.15) is 18.5 Å². The van der Waals surface area contributed by atoms with Gasteiger partial charge < -0.3 is 20.3 Å². The van der Waals surface area contributed by atoms with Crippen molar-refractivity contribution in [2.24, 2.45) is 14.1 Å². The number of fused-ring (bicyclic) bond motifs is 1. The summed E-state index contributed by atoms with van der Waals surface area (Å²) in [6, 6.07) is 13.1. The molecule has 2 aromatic carbocycles. The summed E-state index contributed by atoms with van der Waals surface area (Å²) in [4.78, 5) is 12.0. The van der Waals surface area contributed by atoms with E-state index in [4.69, 9.17) is 4.74 Å². The van der Waals surface area contributed by atoms with E-state index in [0.717, 1.165) is 16.6 Å². The summed E-state index contributed by atoms with van der Waals surface area (Å²) in [5.41, 5.74) is 3.29. The number of hydrogen-bond acceptors (Lipinski definition) is 5. The van der Waals surface area contributed by atoms with E-state index in [9.17, 15) is 15.0 Å². The fraction of sp³-hybridized carbons (Fsp3) is 0.381. The van der Waals surface area contributed by atoms with Gasteiger partial charge in [-0.2, -0.15) is 0 Å². The normalized spacial score (nSPS) is 13.6. The van der Waals surface area contributed by atoms with Crippen LogP contribution in [-0.2, 0) is 20.6 Å². The summed E-state index contributed by atoms with van der Waals surface area (Å²) >= 11 is 0. The Morgan fingerprint density at radius 2 is 1.71 bits per heavy atom. The first-order valence-corrected chi connectivity index (χ1v) is 9.30. The monoisotopic (exact) mass is 385 g/mol. The van der Waals surface area contributed by atoms with Gasteiger partial charge in [-0.25, -0.2) is 4.79 Å². The van der Waals surface area contributed by atoms with Gasteiger partial charge in [0.15, 0.2) is 0 Å². The molecule has 7 nitrogen and oxygen atoms in total. The summed E-state index contributed by atoms with van der Waals surface area (Å²) in [5.74, 6) is 0.673. The SMILES string of the molecule is C[C@H](O)CNCc1ccc(OC[C@H](O)c2ccc3c(c2)n(C)c(=O)n3C)cc1. The molecule has 0 aliphatic rings. The molecule has 2 atom stereocenters. The number of nitrogens with one attached hydrogen (secondary N) is 1. The Morgan fingerprint density at radius 1 is 1.04 bits per heavy atom. The minimum Gasteiger partial charge on any atom is -0.491 e. The second kappa shape index (κ2) is 8.60. The van der Waals surface area contributed by atoms with Crippen molar-refractivity contribution in [3.8, 4) is 5.75 Å². The van der Waals surface area contributed by atoms with Crippen LogP contribution < -0.4 is 15.7 Å². The van der Waals surface area contributed by atoms with E-state index in [1.165, 1.54) is 0 Å². The zero-order chi connectivity index (χ0) is 20.3. The second-order valence-corrected chi connectivity index (χ2v) is 7.10. The van der Waals surface area contributed by atoms with E-state index in [-0.39, 0.29) is 18.4 Å². The fourth-order valence-electron chi connectivity index (χ4n) is 3.13. The number of aryl methyl sites for hydroxylation is 2. The van der Waals surface area contributed by atoms with Crippen LogP contribution in [0.1, 0.15) is 24.2 Å². The summed E-state index contributed by atoms with van der Waals surface area (Å²) in [5, 5.41) is 22.9. The topological polar surface area (TPSA) is 88.7 Å². The van der Waals surface area contributed by atoms with E-state index in [1.54, 1.807) is 30.2 Å². The van der Waals surface area contributed by atoms with Crippen molar-refractivity contribution in [2.45, 2.75) is 25.7 Å². The van der Waals surface area contributed by atoms with Crippen LogP contribution in [0.5, 0.6) is 5.75 Å². The predicted octanol–water partition coefficient (Wildman–Crippen LogP) is 1.46. The third-order valence-corrected chi connectivity index (χ3v) is 4.78. The van der Waals surface area contributed by atoms with Gasteiger partial charge in [0.2, 0.25) is 0 Å². The molecule has 0 radical (unpaired) electrons. The van der Waals surface area contributed by atoms with Crippen molar-refractivity contribution < 1.29 is 14.9 Å².